The number of nitrogens with one attached hydrogen (secondary N) is 1. The molecule has 1 heterocycles. The monoisotopic (exact) mass is 426 g/mol. The van der Waals surface area contributed by atoms with E-state index in [1.54, 1.807) is 42.6 Å². The highest BCUT2D eigenvalue weighted by molar-refractivity contribution is 9.10. The van der Waals surface area contributed by atoms with Crippen LogP contribution in [0.15, 0.2) is 51.7 Å². The molecule has 114 valence electrons. The molecular formula is C15H12Br2N2O3. The fraction of sp³-hybridized carbons (Fsp3) is 0.133. The zero-order valence-corrected chi connectivity index (χ0v) is 14.5. The number of aromatic nitrogens is 1. The molecule has 0 fully saturated rings. The first-order valence-electron chi connectivity index (χ1n) is 6.36. The lowest BCUT2D eigenvalue weighted by atomic mass is 10.1. The third-order valence-electron chi connectivity index (χ3n) is 2.95. The van der Waals surface area contributed by atoms with Gasteiger partial charge in [-0.25, -0.2) is 9.78 Å². The lowest BCUT2D eigenvalue weighted by molar-refractivity contribution is -0.139. The van der Waals surface area contributed by atoms with Crippen molar-refractivity contribution in [1.29, 1.82) is 0 Å². The van der Waals surface area contributed by atoms with Crippen LogP contribution < -0.4 is 5.32 Å². The maximum absolute atomic E-state index is 12.2. The molecule has 0 spiro atoms. The van der Waals surface area contributed by atoms with Gasteiger partial charge in [0, 0.05) is 22.7 Å². The van der Waals surface area contributed by atoms with Crippen LogP contribution in [0.25, 0.3) is 0 Å². The highest BCUT2D eigenvalue weighted by atomic mass is 79.9. The van der Waals surface area contributed by atoms with Gasteiger partial charge in [-0.3, -0.25) is 4.79 Å². The number of halogens is 2. The number of amides is 1. The molecule has 0 saturated carbocycles. The number of carbonyl (C=O) groups is 2. The van der Waals surface area contributed by atoms with E-state index in [4.69, 9.17) is 0 Å². The predicted octanol–water partition coefficient (Wildman–Crippen LogP) is 3.03. The highest BCUT2D eigenvalue weighted by Gasteiger charge is 2.22. The van der Waals surface area contributed by atoms with Gasteiger partial charge in [-0.2, -0.15) is 0 Å². The van der Waals surface area contributed by atoms with E-state index >= 15 is 0 Å². The van der Waals surface area contributed by atoms with Gasteiger partial charge >= 0.3 is 5.97 Å². The van der Waals surface area contributed by atoms with Gasteiger partial charge < -0.3 is 10.4 Å². The minimum Gasteiger partial charge on any atom is -0.480 e. The van der Waals surface area contributed by atoms with Crippen LogP contribution in [0.2, 0.25) is 0 Å². The molecule has 7 heteroatoms. The van der Waals surface area contributed by atoms with Crippen LogP contribution in [0.5, 0.6) is 0 Å². The molecule has 0 radical (unpaired) electrons. The second-order valence-electron chi connectivity index (χ2n) is 4.53. The standard InChI is InChI=1S/C15H12Br2N2O3/c16-11-5-1-3-10(7-11)14(20)19-12(15(21)22)8-9-4-2-6-18-13(9)17/h1-7,12H,8H2,(H,19,20)(H,21,22)/t12-/m0/s1. The minimum absolute atomic E-state index is 0.142. The fourth-order valence-electron chi connectivity index (χ4n) is 1.86. The summed E-state index contributed by atoms with van der Waals surface area (Å²) in [5, 5.41) is 11.8. The lowest BCUT2D eigenvalue weighted by Crippen LogP contribution is -2.42. The predicted molar refractivity (Wildman–Crippen MR) is 88.7 cm³/mol. The maximum atomic E-state index is 12.2. The Labute approximate surface area is 144 Å². The number of rotatable bonds is 5. The summed E-state index contributed by atoms with van der Waals surface area (Å²) >= 11 is 6.55. The van der Waals surface area contributed by atoms with E-state index < -0.39 is 17.9 Å². The number of carbonyl (C=O) groups excluding carboxylic acids is 1. The molecule has 0 aliphatic carbocycles. The molecule has 0 bridgehead atoms. The SMILES string of the molecule is O=C(N[C@@H](Cc1cccnc1Br)C(=O)O)c1cccc(Br)c1. The number of hydrogen-bond donors (Lipinski definition) is 2. The van der Waals surface area contributed by atoms with Crippen molar-refractivity contribution in [2.24, 2.45) is 0 Å². The van der Waals surface area contributed by atoms with E-state index in [1.165, 1.54) is 0 Å². The van der Waals surface area contributed by atoms with Crippen molar-refractivity contribution in [3.63, 3.8) is 0 Å². The molecule has 1 amide bonds. The average molecular weight is 428 g/mol. The summed E-state index contributed by atoms with van der Waals surface area (Å²) < 4.78 is 1.32. The summed E-state index contributed by atoms with van der Waals surface area (Å²) in [4.78, 5) is 27.6. The molecule has 5 nitrogen and oxygen atoms in total. The van der Waals surface area contributed by atoms with E-state index in [1.807, 2.05) is 0 Å². The smallest absolute Gasteiger partial charge is 0.326 e. The van der Waals surface area contributed by atoms with Crippen molar-refractivity contribution in [3.05, 3.63) is 62.8 Å². The fourth-order valence-corrected chi connectivity index (χ4v) is 2.67. The van der Waals surface area contributed by atoms with Crippen LogP contribution in [0.1, 0.15) is 15.9 Å². The Balaban J connectivity index is 2.14. The van der Waals surface area contributed by atoms with Crippen molar-refractivity contribution in [1.82, 2.24) is 10.3 Å². The van der Waals surface area contributed by atoms with Gasteiger partial charge in [0.25, 0.3) is 5.91 Å². The topological polar surface area (TPSA) is 79.3 Å². The van der Waals surface area contributed by atoms with Crippen LogP contribution >= 0.6 is 31.9 Å². The van der Waals surface area contributed by atoms with Crippen molar-refractivity contribution in [2.75, 3.05) is 0 Å². The van der Waals surface area contributed by atoms with Gasteiger partial charge in [0.05, 0.1) is 0 Å². The maximum Gasteiger partial charge on any atom is 0.326 e. The number of carboxylic acids is 1. The first-order valence-corrected chi connectivity index (χ1v) is 7.94. The molecule has 1 aromatic carbocycles. The third-order valence-corrected chi connectivity index (χ3v) is 4.16. The van der Waals surface area contributed by atoms with Crippen molar-refractivity contribution in [3.8, 4) is 0 Å². The average Bonchev–Trinajstić information content (AvgIpc) is 2.48. The van der Waals surface area contributed by atoms with Crippen molar-refractivity contribution in [2.45, 2.75) is 12.5 Å². The van der Waals surface area contributed by atoms with E-state index in [0.717, 1.165) is 4.47 Å². The largest absolute Gasteiger partial charge is 0.480 e. The van der Waals surface area contributed by atoms with Gasteiger partial charge in [0.15, 0.2) is 0 Å². The van der Waals surface area contributed by atoms with E-state index in [2.05, 4.69) is 42.2 Å². The third kappa shape index (κ3) is 4.38. The molecule has 2 N–H and O–H groups in total. The van der Waals surface area contributed by atoms with Crippen molar-refractivity contribution < 1.29 is 14.7 Å². The molecule has 0 aliphatic rings. The number of nitrogens with zero attached hydrogens (tertiary/aromatic N) is 1. The Kier molecular flexibility index (Phi) is 5.68. The minimum atomic E-state index is -1.10. The van der Waals surface area contributed by atoms with E-state index in [9.17, 15) is 14.7 Å². The molecular weight excluding hydrogens is 416 g/mol. The Hall–Kier alpha value is -1.73. The zero-order chi connectivity index (χ0) is 16.1. The van der Waals surface area contributed by atoms with Gasteiger partial charge in [-0.05, 0) is 45.8 Å². The molecule has 1 atom stereocenters. The van der Waals surface area contributed by atoms with Gasteiger partial charge in [0.2, 0.25) is 0 Å². The van der Waals surface area contributed by atoms with Crippen LogP contribution in [-0.4, -0.2) is 28.0 Å². The molecule has 2 aromatic rings. The number of carboxylic acid groups (broad SMARTS) is 1. The van der Waals surface area contributed by atoms with Gasteiger partial charge in [0.1, 0.15) is 10.6 Å². The number of benzene rings is 1. The normalized spacial score (nSPS) is 11.7. The van der Waals surface area contributed by atoms with Crippen LogP contribution in [0.4, 0.5) is 0 Å². The van der Waals surface area contributed by atoms with Crippen molar-refractivity contribution >= 4 is 43.7 Å². The number of aliphatic carboxylic acids is 1. The summed E-state index contributed by atoms with van der Waals surface area (Å²) in [6.07, 6.45) is 1.74. The summed E-state index contributed by atoms with van der Waals surface area (Å²) in [7, 11) is 0. The van der Waals surface area contributed by atoms with Gasteiger partial charge in [-0.1, -0.05) is 28.1 Å². The molecule has 0 aliphatic heterocycles. The Bertz CT molecular complexity index is 707. The van der Waals surface area contributed by atoms with E-state index in [0.29, 0.717) is 15.7 Å². The number of hydrogen-bond acceptors (Lipinski definition) is 3. The summed E-state index contributed by atoms with van der Waals surface area (Å²) in [6, 6.07) is 9.21. The molecule has 0 saturated heterocycles. The Morgan fingerprint density at radius 3 is 2.64 bits per heavy atom. The second-order valence-corrected chi connectivity index (χ2v) is 6.20. The summed E-state index contributed by atoms with van der Waals surface area (Å²) in [5.41, 5.74) is 1.11. The zero-order valence-electron chi connectivity index (χ0n) is 11.3. The molecule has 2 rings (SSSR count). The summed E-state index contributed by atoms with van der Waals surface area (Å²) in [5.74, 6) is -1.53. The molecule has 22 heavy (non-hydrogen) atoms. The van der Waals surface area contributed by atoms with Crippen LogP contribution in [0.3, 0.4) is 0 Å². The first kappa shape index (κ1) is 16.6. The van der Waals surface area contributed by atoms with Crippen LogP contribution in [-0.2, 0) is 11.2 Å². The highest BCUT2D eigenvalue weighted by Crippen LogP contribution is 2.16. The Morgan fingerprint density at radius 2 is 2.00 bits per heavy atom. The molecule has 1 aromatic heterocycles. The van der Waals surface area contributed by atoms with Gasteiger partial charge in [-0.15, -0.1) is 0 Å². The first-order chi connectivity index (χ1) is 10.5. The quantitative estimate of drug-likeness (QED) is 0.718. The molecule has 0 unspecified atom stereocenters. The summed E-state index contributed by atoms with van der Waals surface area (Å²) in [6.45, 7) is 0. The second kappa shape index (κ2) is 7.51. The van der Waals surface area contributed by atoms with E-state index in [-0.39, 0.29) is 6.42 Å². The number of pyridine rings is 1. The lowest BCUT2D eigenvalue weighted by Gasteiger charge is -2.15. The Morgan fingerprint density at radius 1 is 1.23 bits per heavy atom. The van der Waals surface area contributed by atoms with Crippen LogP contribution in [0, 0.1) is 0 Å².